The molecule has 1 aliphatic rings. The molecule has 100 valence electrons. The monoisotopic (exact) mass is 312 g/mol. The Bertz CT molecular complexity index is 391. The van der Waals surface area contributed by atoms with E-state index >= 15 is 0 Å². The maximum absolute atomic E-state index is 9.12. The summed E-state index contributed by atoms with van der Waals surface area (Å²) < 4.78 is 1.10. The molecule has 1 fully saturated rings. The van der Waals surface area contributed by atoms with Crippen molar-refractivity contribution in [2.45, 2.75) is 31.8 Å². The Morgan fingerprint density at radius 3 is 2.67 bits per heavy atom. The van der Waals surface area contributed by atoms with Gasteiger partial charge in [-0.1, -0.05) is 15.9 Å². The van der Waals surface area contributed by atoms with Crippen LogP contribution >= 0.6 is 15.9 Å². The fourth-order valence-corrected chi connectivity index (χ4v) is 2.88. The van der Waals surface area contributed by atoms with Crippen molar-refractivity contribution in [2.75, 3.05) is 24.6 Å². The maximum atomic E-state index is 9.12. The Morgan fingerprint density at radius 1 is 1.39 bits per heavy atom. The number of halogens is 1. The quantitative estimate of drug-likeness (QED) is 0.899. The van der Waals surface area contributed by atoms with E-state index in [1.807, 2.05) is 0 Å². The maximum Gasteiger partial charge on any atom is 0.0446 e. The number of hydrogen-bond acceptors (Lipinski definition) is 3. The Morgan fingerprint density at radius 2 is 2.06 bits per heavy atom. The van der Waals surface area contributed by atoms with Crippen LogP contribution in [0.4, 0.5) is 5.69 Å². The molecule has 4 heteroatoms. The van der Waals surface area contributed by atoms with Crippen LogP contribution in [0.2, 0.25) is 0 Å². The number of rotatable bonds is 3. The summed E-state index contributed by atoms with van der Waals surface area (Å²) in [5, 5.41) is 12.7. The van der Waals surface area contributed by atoms with Crippen LogP contribution in [0.1, 0.15) is 20.3 Å². The van der Waals surface area contributed by atoms with E-state index in [-0.39, 0.29) is 12.1 Å². The van der Waals surface area contributed by atoms with Gasteiger partial charge in [0.1, 0.15) is 0 Å². The fraction of sp³-hybridized carbons (Fsp3) is 0.571. The molecule has 1 heterocycles. The molecule has 1 aliphatic heterocycles. The third-order valence-electron chi connectivity index (χ3n) is 3.29. The highest BCUT2D eigenvalue weighted by molar-refractivity contribution is 9.10. The SMILES string of the molecule is CC1(C)CN(c2ccc(Br)cc2)CC(CCO)N1. The van der Waals surface area contributed by atoms with Crippen molar-refractivity contribution in [3.63, 3.8) is 0 Å². The third kappa shape index (κ3) is 3.46. The summed E-state index contributed by atoms with van der Waals surface area (Å²) in [7, 11) is 0. The smallest absolute Gasteiger partial charge is 0.0446 e. The summed E-state index contributed by atoms with van der Waals surface area (Å²) in [4.78, 5) is 2.39. The van der Waals surface area contributed by atoms with Gasteiger partial charge in [0.15, 0.2) is 0 Å². The minimum absolute atomic E-state index is 0.0746. The van der Waals surface area contributed by atoms with E-state index in [0.717, 1.165) is 24.0 Å². The predicted molar refractivity (Wildman–Crippen MR) is 79.1 cm³/mol. The lowest BCUT2D eigenvalue weighted by atomic mass is 9.96. The molecule has 1 aromatic rings. The number of anilines is 1. The van der Waals surface area contributed by atoms with Crippen LogP contribution in [-0.2, 0) is 0 Å². The van der Waals surface area contributed by atoms with Gasteiger partial charge in [0.25, 0.3) is 0 Å². The molecule has 18 heavy (non-hydrogen) atoms. The molecule has 0 saturated carbocycles. The van der Waals surface area contributed by atoms with E-state index in [2.05, 4.69) is 64.3 Å². The van der Waals surface area contributed by atoms with Crippen LogP contribution in [0, 0.1) is 0 Å². The van der Waals surface area contributed by atoms with Gasteiger partial charge in [0.05, 0.1) is 0 Å². The average molecular weight is 313 g/mol. The molecular weight excluding hydrogens is 292 g/mol. The predicted octanol–water partition coefficient (Wildman–Crippen LogP) is 2.39. The molecule has 0 bridgehead atoms. The molecular formula is C14H21BrN2O. The number of nitrogens with one attached hydrogen (secondary N) is 1. The van der Waals surface area contributed by atoms with E-state index in [0.29, 0.717) is 6.04 Å². The molecule has 0 radical (unpaired) electrons. The molecule has 1 atom stereocenters. The van der Waals surface area contributed by atoms with Crippen LogP contribution in [0.3, 0.4) is 0 Å². The van der Waals surface area contributed by atoms with Gasteiger partial charge in [0, 0.05) is 41.4 Å². The van der Waals surface area contributed by atoms with Crippen molar-refractivity contribution >= 4 is 21.6 Å². The molecule has 1 saturated heterocycles. The van der Waals surface area contributed by atoms with Gasteiger partial charge in [-0.2, -0.15) is 0 Å². The Labute approximate surface area is 117 Å². The van der Waals surface area contributed by atoms with Crippen molar-refractivity contribution in [3.8, 4) is 0 Å². The lowest BCUT2D eigenvalue weighted by molar-refractivity contribution is 0.224. The first-order valence-electron chi connectivity index (χ1n) is 6.39. The zero-order valence-corrected chi connectivity index (χ0v) is 12.6. The van der Waals surface area contributed by atoms with Gasteiger partial charge in [-0.15, -0.1) is 0 Å². The Kier molecular flexibility index (Phi) is 4.30. The van der Waals surface area contributed by atoms with Gasteiger partial charge in [-0.3, -0.25) is 0 Å². The highest BCUT2D eigenvalue weighted by Gasteiger charge is 2.31. The van der Waals surface area contributed by atoms with Gasteiger partial charge in [-0.05, 0) is 44.5 Å². The average Bonchev–Trinajstić information content (AvgIpc) is 2.28. The van der Waals surface area contributed by atoms with E-state index < -0.39 is 0 Å². The number of hydrogen-bond donors (Lipinski definition) is 2. The van der Waals surface area contributed by atoms with Gasteiger partial charge >= 0.3 is 0 Å². The largest absolute Gasteiger partial charge is 0.396 e. The molecule has 3 nitrogen and oxygen atoms in total. The zero-order chi connectivity index (χ0) is 13.2. The van der Waals surface area contributed by atoms with Crippen LogP contribution in [0.5, 0.6) is 0 Å². The van der Waals surface area contributed by atoms with E-state index in [4.69, 9.17) is 5.11 Å². The van der Waals surface area contributed by atoms with Crippen molar-refractivity contribution in [2.24, 2.45) is 0 Å². The molecule has 2 rings (SSSR count). The van der Waals surface area contributed by atoms with Crippen LogP contribution < -0.4 is 10.2 Å². The van der Waals surface area contributed by atoms with Gasteiger partial charge in [0.2, 0.25) is 0 Å². The number of piperazine rings is 1. The van der Waals surface area contributed by atoms with Crippen LogP contribution in [-0.4, -0.2) is 36.4 Å². The first-order valence-corrected chi connectivity index (χ1v) is 7.18. The summed E-state index contributed by atoms with van der Waals surface area (Å²) in [6.07, 6.45) is 0.802. The minimum atomic E-state index is 0.0746. The van der Waals surface area contributed by atoms with Crippen molar-refractivity contribution in [3.05, 3.63) is 28.7 Å². The molecule has 0 aliphatic carbocycles. The fourth-order valence-electron chi connectivity index (χ4n) is 2.62. The molecule has 0 amide bonds. The second kappa shape index (κ2) is 5.59. The highest BCUT2D eigenvalue weighted by Crippen LogP contribution is 2.24. The van der Waals surface area contributed by atoms with E-state index in [9.17, 15) is 0 Å². The zero-order valence-electron chi connectivity index (χ0n) is 11.0. The molecule has 0 aromatic heterocycles. The van der Waals surface area contributed by atoms with E-state index in [1.165, 1.54) is 5.69 Å². The summed E-state index contributed by atoms with van der Waals surface area (Å²) in [5.41, 5.74) is 1.32. The van der Waals surface area contributed by atoms with Crippen molar-refractivity contribution in [1.29, 1.82) is 0 Å². The van der Waals surface area contributed by atoms with Crippen LogP contribution in [0.25, 0.3) is 0 Å². The first kappa shape index (κ1) is 13.8. The van der Waals surface area contributed by atoms with E-state index in [1.54, 1.807) is 0 Å². The van der Waals surface area contributed by atoms with Gasteiger partial charge in [-0.25, -0.2) is 0 Å². The normalized spacial score (nSPS) is 23.1. The standard InChI is InChI=1S/C14H21BrN2O/c1-14(2)10-17(9-12(16-14)7-8-18)13-5-3-11(15)4-6-13/h3-6,12,16,18H,7-10H2,1-2H3. The molecule has 1 unspecified atom stereocenters. The Balaban J connectivity index is 2.14. The lowest BCUT2D eigenvalue weighted by Crippen LogP contribution is -2.62. The van der Waals surface area contributed by atoms with Crippen molar-refractivity contribution in [1.82, 2.24) is 5.32 Å². The lowest BCUT2D eigenvalue weighted by Gasteiger charge is -2.45. The summed E-state index contributed by atoms with van der Waals surface area (Å²) in [6.45, 7) is 6.59. The van der Waals surface area contributed by atoms with Gasteiger partial charge < -0.3 is 15.3 Å². The summed E-state index contributed by atoms with van der Waals surface area (Å²) in [5.74, 6) is 0. The summed E-state index contributed by atoms with van der Waals surface area (Å²) in [6, 6.07) is 8.78. The number of nitrogens with zero attached hydrogens (tertiary/aromatic N) is 1. The van der Waals surface area contributed by atoms with Crippen LogP contribution in [0.15, 0.2) is 28.7 Å². The number of aliphatic hydroxyl groups excluding tert-OH is 1. The topological polar surface area (TPSA) is 35.5 Å². The van der Waals surface area contributed by atoms with Crippen molar-refractivity contribution < 1.29 is 5.11 Å². The number of benzene rings is 1. The first-order chi connectivity index (χ1) is 8.50. The molecule has 2 N–H and O–H groups in total. The third-order valence-corrected chi connectivity index (χ3v) is 3.82. The molecule has 1 aromatic carbocycles. The molecule has 0 spiro atoms. The minimum Gasteiger partial charge on any atom is -0.396 e. The Hall–Kier alpha value is -0.580. The highest BCUT2D eigenvalue weighted by atomic mass is 79.9. The second-order valence-electron chi connectivity index (χ2n) is 5.59. The second-order valence-corrected chi connectivity index (χ2v) is 6.51. The summed E-state index contributed by atoms with van der Waals surface area (Å²) >= 11 is 3.46. The number of aliphatic hydroxyl groups is 1.